The number of halogens is 3. The molecule has 21 heavy (non-hydrogen) atoms. The van der Waals surface area contributed by atoms with Gasteiger partial charge in [-0.25, -0.2) is 0 Å². The van der Waals surface area contributed by atoms with Gasteiger partial charge in [0, 0.05) is 12.5 Å². The third kappa shape index (κ3) is 2.44. The summed E-state index contributed by atoms with van der Waals surface area (Å²) in [6.07, 6.45) is 2.31. The number of rotatable bonds is 2. The summed E-state index contributed by atoms with van der Waals surface area (Å²) in [5.74, 6) is 1.56. The first-order chi connectivity index (χ1) is 9.70. The molecular weight excluding hydrogens is 333 g/mol. The highest BCUT2D eigenvalue weighted by Gasteiger charge is 2.58. The van der Waals surface area contributed by atoms with Crippen LogP contribution in [0.5, 0.6) is 0 Å². The zero-order valence-electron chi connectivity index (χ0n) is 11.1. The number of benzene rings is 1. The molecule has 2 heterocycles. The van der Waals surface area contributed by atoms with Crippen LogP contribution in [0.1, 0.15) is 24.7 Å². The van der Waals surface area contributed by atoms with Gasteiger partial charge in [0.15, 0.2) is 0 Å². The van der Waals surface area contributed by atoms with Crippen LogP contribution in [0.15, 0.2) is 22.7 Å². The van der Waals surface area contributed by atoms with Crippen LogP contribution in [0.25, 0.3) is 11.4 Å². The van der Waals surface area contributed by atoms with E-state index in [0.29, 0.717) is 38.7 Å². The van der Waals surface area contributed by atoms with Crippen molar-refractivity contribution in [1.82, 2.24) is 15.5 Å². The fourth-order valence-electron chi connectivity index (χ4n) is 3.12. The third-order valence-electron chi connectivity index (χ3n) is 4.39. The van der Waals surface area contributed by atoms with Crippen LogP contribution in [0, 0.1) is 5.41 Å². The van der Waals surface area contributed by atoms with Crippen LogP contribution in [0.2, 0.25) is 10.0 Å². The summed E-state index contributed by atoms with van der Waals surface area (Å²) in [5.41, 5.74) is 0.985. The molecule has 1 aromatic carbocycles. The van der Waals surface area contributed by atoms with Crippen LogP contribution >= 0.6 is 35.6 Å². The van der Waals surface area contributed by atoms with E-state index < -0.39 is 0 Å². The molecule has 4 rings (SSSR count). The van der Waals surface area contributed by atoms with Gasteiger partial charge in [-0.15, -0.1) is 12.4 Å². The molecule has 2 atom stereocenters. The Labute approximate surface area is 138 Å². The maximum Gasteiger partial charge on any atom is 0.230 e. The zero-order chi connectivity index (χ0) is 13.7. The van der Waals surface area contributed by atoms with E-state index in [2.05, 4.69) is 15.5 Å². The normalized spacial score (nSPS) is 26.9. The molecule has 2 unspecified atom stereocenters. The van der Waals surface area contributed by atoms with Gasteiger partial charge in [-0.3, -0.25) is 0 Å². The number of hydrogen-bond donors (Lipinski definition) is 1. The molecule has 7 heteroatoms. The highest BCUT2D eigenvalue weighted by atomic mass is 35.5. The largest absolute Gasteiger partial charge is 0.339 e. The number of hydrogen-bond acceptors (Lipinski definition) is 4. The van der Waals surface area contributed by atoms with E-state index in [0.717, 1.165) is 19.5 Å². The molecule has 112 valence electrons. The van der Waals surface area contributed by atoms with Crippen LogP contribution in [-0.2, 0) is 0 Å². The van der Waals surface area contributed by atoms with Crippen LogP contribution < -0.4 is 5.32 Å². The summed E-state index contributed by atoms with van der Waals surface area (Å²) in [5, 5.41) is 8.53. The van der Waals surface area contributed by atoms with E-state index in [9.17, 15) is 0 Å². The summed E-state index contributed by atoms with van der Waals surface area (Å²) in [4.78, 5) is 4.51. The first kappa shape index (κ1) is 15.1. The lowest BCUT2D eigenvalue weighted by atomic mass is 10.0. The second kappa shape index (κ2) is 5.43. The van der Waals surface area contributed by atoms with Crippen molar-refractivity contribution in [1.29, 1.82) is 0 Å². The number of nitrogens with one attached hydrogen (secondary N) is 1. The van der Waals surface area contributed by atoms with Gasteiger partial charge < -0.3 is 9.84 Å². The van der Waals surface area contributed by atoms with Crippen molar-refractivity contribution in [2.75, 3.05) is 13.1 Å². The van der Waals surface area contributed by atoms with Gasteiger partial charge in [-0.2, -0.15) is 4.98 Å². The topological polar surface area (TPSA) is 51.0 Å². The Bertz CT molecular complexity index is 647. The molecule has 1 aliphatic carbocycles. The summed E-state index contributed by atoms with van der Waals surface area (Å²) >= 11 is 12.3. The Morgan fingerprint density at radius 1 is 1.29 bits per heavy atom. The summed E-state index contributed by atoms with van der Waals surface area (Å²) in [7, 11) is 0. The average molecular weight is 347 g/mol. The van der Waals surface area contributed by atoms with E-state index in [4.69, 9.17) is 27.7 Å². The van der Waals surface area contributed by atoms with Crippen LogP contribution in [-0.4, -0.2) is 23.2 Å². The Morgan fingerprint density at radius 2 is 2.05 bits per heavy atom. The summed E-state index contributed by atoms with van der Waals surface area (Å²) in [6, 6.07) is 5.35. The minimum atomic E-state index is 0. The second-order valence-electron chi connectivity index (χ2n) is 5.60. The highest BCUT2D eigenvalue weighted by molar-refractivity contribution is 6.38. The molecule has 2 aromatic rings. The maximum absolute atomic E-state index is 6.17. The maximum atomic E-state index is 6.17. The zero-order valence-corrected chi connectivity index (χ0v) is 13.4. The molecular formula is C14H14Cl3N3O. The number of aromatic nitrogens is 2. The molecule has 2 fully saturated rings. The monoisotopic (exact) mass is 345 g/mol. The first-order valence-electron chi connectivity index (χ1n) is 6.68. The van der Waals surface area contributed by atoms with E-state index in [1.807, 2.05) is 0 Å². The molecule has 1 aliphatic heterocycles. The standard InChI is InChI=1S/C14H13Cl2N3O.ClH/c15-9-2-1-3-10(16)11(9)12-18-13(20-19-12)8-6-14(8)4-5-17-7-14;/h1-3,8,17H,4-7H2;1H. The predicted octanol–water partition coefficient (Wildman–Crippen LogP) is 3.93. The van der Waals surface area contributed by atoms with Crippen molar-refractivity contribution in [3.05, 3.63) is 34.1 Å². The molecule has 1 aromatic heterocycles. The van der Waals surface area contributed by atoms with Gasteiger partial charge in [0.2, 0.25) is 11.7 Å². The molecule has 2 aliphatic rings. The molecule has 0 radical (unpaired) electrons. The number of nitrogens with zero attached hydrogens (tertiary/aromatic N) is 2. The second-order valence-corrected chi connectivity index (χ2v) is 6.41. The molecule has 1 N–H and O–H groups in total. The van der Waals surface area contributed by atoms with Crippen molar-refractivity contribution in [3.8, 4) is 11.4 Å². The Kier molecular flexibility index (Phi) is 3.91. The van der Waals surface area contributed by atoms with E-state index in [1.165, 1.54) is 6.42 Å². The van der Waals surface area contributed by atoms with Gasteiger partial charge >= 0.3 is 0 Å². The van der Waals surface area contributed by atoms with Crippen molar-refractivity contribution in [2.45, 2.75) is 18.8 Å². The fourth-order valence-corrected chi connectivity index (χ4v) is 3.69. The van der Waals surface area contributed by atoms with E-state index >= 15 is 0 Å². The Morgan fingerprint density at radius 3 is 2.71 bits per heavy atom. The Balaban J connectivity index is 0.00000132. The van der Waals surface area contributed by atoms with Crippen molar-refractivity contribution < 1.29 is 4.52 Å². The fraction of sp³-hybridized carbons (Fsp3) is 0.429. The van der Waals surface area contributed by atoms with Gasteiger partial charge in [-0.1, -0.05) is 34.4 Å². The van der Waals surface area contributed by atoms with E-state index in [1.54, 1.807) is 18.2 Å². The quantitative estimate of drug-likeness (QED) is 0.895. The van der Waals surface area contributed by atoms with E-state index in [-0.39, 0.29) is 12.4 Å². The average Bonchev–Trinajstić information content (AvgIpc) is 2.79. The van der Waals surface area contributed by atoms with Crippen molar-refractivity contribution in [2.24, 2.45) is 5.41 Å². The molecule has 1 saturated heterocycles. The van der Waals surface area contributed by atoms with Crippen molar-refractivity contribution in [3.63, 3.8) is 0 Å². The first-order valence-corrected chi connectivity index (χ1v) is 7.44. The molecule has 1 saturated carbocycles. The lowest BCUT2D eigenvalue weighted by Gasteiger charge is -2.02. The lowest BCUT2D eigenvalue weighted by Crippen LogP contribution is -2.10. The summed E-state index contributed by atoms with van der Waals surface area (Å²) in [6.45, 7) is 2.12. The molecule has 4 nitrogen and oxygen atoms in total. The third-order valence-corrected chi connectivity index (χ3v) is 5.02. The lowest BCUT2D eigenvalue weighted by molar-refractivity contribution is 0.364. The van der Waals surface area contributed by atoms with Gasteiger partial charge in [0.25, 0.3) is 0 Å². The van der Waals surface area contributed by atoms with Crippen molar-refractivity contribution >= 4 is 35.6 Å². The van der Waals surface area contributed by atoms with Gasteiger partial charge in [-0.05, 0) is 36.9 Å². The smallest absolute Gasteiger partial charge is 0.230 e. The molecule has 1 spiro atoms. The highest BCUT2D eigenvalue weighted by Crippen LogP contribution is 2.62. The predicted molar refractivity (Wildman–Crippen MR) is 84.3 cm³/mol. The minimum Gasteiger partial charge on any atom is -0.339 e. The van der Waals surface area contributed by atoms with Gasteiger partial charge in [0.05, 0.1) is 15.6 Å². The van der Waals surface area contributed by atoms with Crippen LogP contribution in [0.4, 0.5) is 0 Å². The molecule has 0 amide bonds. The van der Waals surface area contributed by atoms with Crippen LogP contribution in [0.3, 0.4) is 0 Å². The molecule has 0 bridgehead atoms. The Hall–Kier alpha value is -0.810. The minimum absolute atomic E-state index is 0. The SMILES string of the molecule is Cl.Clc1cccc(Cl)c1-c1noc(C2CC23CCNC3)n1. The summed E-state index contributed by atoms with van der Waals surface area (Å²) < 4.78 is 5.43. The van der Waals surface area contributed by atoms with Gasteiger partial charge in [0.1, 0.15) is 0 Å².